The minimum absolute atomic E-state index is 0.0415. The van der Waals surface area contributed by atoms with Gasteiger partial charge in [-0.05, 0) is 43.0 Å². The molecule has 1 aromatic carbocycles. The number of benzene rings is 1. The highest BCUT2D eigenvalue weighted by Gasteiger charge is 2.46. The third-order valence-electron chi connectivity index (χ3n) is 6.00. The molecule has 3 atom stereocenters. The average molecular weight is 356 g/mol. The fraction of sp³-hybridized carbons (Fsp3) is 0.500. The molecule has 2 saturated heterocycles. The third-order valence-corrected chi connectivity index (χ3v) is 6.00. The molecule has 2 N–H and O–H groups in total. The Morgan fingerprint density at radius 3 is 2.92 bits per heavy atom. The van der Waals surface area contributed by atoms with Crippen LogP contribution in [0.25, 0.3) is 0 Å². The van der Waals surface area contributed by atoms with Crippen molar-refractivity contribution in [2.45, 2.75) is 32.7 Å². The lowest BCUT2D eigenvalue weighted by Crippen LogP contribution is -2.34. The fourth-order valence-corrected chi connectivity index (χ4v) is 4.44. The second-order valence-electron chi connectivity index (χ2n) is 7.55. The van der Waals surface area contributed by atoms with Crippen LogP contribution >= 0.6 is 0 Å². The maximum Gasteiger partial charge on any atom is 0.223 e. The Balaban J connectivity index is 1.53. The molecule has 0 bridgehead atoms. The summed E-state index contributed by atoms with van der Waals surface area (Å²) in [5.41, 5.74) is 4.04. The molecule has 0 aliphatic carbocycles. The summed E-state index contributed by atoms with van der Waals surface area (Å²) < 4.78 is 13.8. The largest absolute Gasteiger partial charge is 0.335 e. The molecule has 0 saturated carbocycles. The van der Waals surface area contributed by atoms with Gasteiger partial charge in [-0.3, -0.25) is 9.89 Å². The first-order chi connectivity index (χ1) is 12.5. The summed E-state index contributed by atoms with van der Waals surface area (Å²) in [6.45, 7) is 6.57. The van der Waals surface area contributed by atoms with Crippen molar-refractivity contribution in [1.29, 1.82) is 0 Å². The van der Waals surface area contributed by atoms with E-state index < -0.39 is 0 Å². The minimum atomic E-state index is -0.244. The Morgan fingerprint density at radius 1 is 1.35 bits per heavy atom. The molecular weight excluding hydrogens is 331 g/mol. The van der Waals surface area contributed by atoms with Crippen LogP contribution in [0, 0.1) is 31.5 Å². The second-order valence-corrected chi connectivity index (χ2v) is 7.55. The van der Waals surface area contributed by atoms with Gasteiger partial charge in [0.2, 0.25) is 5.91 Å². The maximum atomic E-state index is 13.8. The molecule has 0 spiro atoms. The van der Waals surface area contributed by atoms with Gasteiger partial charge in [-0.2, -0.15) is 5.10 Å². The number of aromatic nitrogens is 2. The zero-order valence-electron chi connectivity index (χ0n) is 15.3. The zero-order valence-corrected chi connectivity index (χ0v) is 15.3. The maximum absolute atomic E-state index is 13.8. The van der Waals surface area contributed by atoms with Gasteiger partial charge in [0.15, 0.2) is 0 Å². The van der Waals surface area contributed by atoms with Crippen LogP contribution in [0.5, 0.6) is 0 Å². The van der Waals surface area contributed by atoms with Crippen molar-refractivity contribution in [1.82, 2.24) is 20.4 Å². The fourth-order valence-electron chi connectivity index (χ4n) is 4.44. The molecule has 138 valence electrons. The first-order valence-electron chi connectivity index (χ1n) is 9.30. The van der Waals surface area contributed by atoms with Gasteiger partial charge in [0.25, 0.3) is 0 Å². The number of carbonyl (C=O) groups excluding carboxylic acids is 1. The van der Waals surface area contributed by atoms with Crippen LogP contribution in [0.15, 0.2) is 24.3 Å². The number of carbonyl (C=O) groups is 1. The van der Waals surface area contributed by atoms with Gasteiger partial charge in [0.05, 0.1) is 11.7 Å². The number of amides is 1. The van der Waals surface area contributed by atoms with Crippen molar-refractivity contribution in [3.8, 4) is 0 Å². The average Bonchev–Trinajstić information content (AvgIpc) is 3.29. The monoisotopic (exact) mass is 356 g/mol. The van der Waals surface area contributed by atoms with Crippen LogP contribution in [0.3, 0.4) is 0 Å². The predicted molar refractivity (Wildman–Crippen MR) is 97.1 cm³/mol. The van der Waals surface area contributed by atoms with Crippen LogP contribution in [-0.4, -0.2) is 40.6 Å². The van der Waals surface area contributed by atoms with Gasteiger partial charge in [-0.15, -0.1) is 0 Å². The van der Waals surface area contributed by atoms with E-state index in [1.807, 2.05) is 24.8 Å². The summed E-state index contributed by atoms with van der Waals surface area (Å²) in [5.74, 6) is 0.692. The quantitative estimate of drug-likeness (QED) is 0.885. The first-order valence-corrected chi connectivity index (χ1v) is 9.30. The Hall–Kier alpha value is -2.21. The summed E-state index contributed by atoms with van der Waals surface area (Å²) in [6, 6.07) is 6.67. The van der Waals surface area contributed by atoms with Crippen molar-refractivity contribution in [2.75, 3.05) is 19.6 Å². The van der Waals surface area contributed by atoms with E-state index in [1.54, 1.807) is 12.1 Å². The lowest BCUT2D eigenvalue weighted by molar-refractivity contribution is -0.132. The molecule has 0 radical (unpaired) electrons. The van der Waals surface area contributed by atoms with Crippen molar-refractivity contribution in [2.24, 2.45) is 11.8 Å². The summed E-state index contributed by atoms with van der Waals surface area (Å²) in [7, 11) is 0. The number of hydrogen-bond acceptors (Lipinski definition) is 3. The standard InChI is InChI=1S/C20H25FN4O/c1-12-13(2)23-24-18(12)6-7-19(26)25-11-15-9-22-10-17(15)20(25)14-4-3-5-16(21)8-14/h3-5,8,15,17,20,22H,6-7,9-11H2,1-2H3,(H,23,24)/t15-,17-,20+/m0/s1. The molecule has 0 unspecified atom stereocenters. The lowest BCUT2D eigenvalue weighted by Gasteiger charge is -2.28. The second kappa shape index (κ2) is 6.83. The van der Waals surface area contributed by atoms with Crippen molar-refractivity contribution in [3.63, 3.8) is 0 Å². The van der Waals surface area contributed by atoms with Gasteiger partial charge in [-0.25, -0.2) is 4.39 Å². The van der Waals surface area contributed by atoms with E-state index in [1.165, 1.54) is 6.07 Å². The Kier molecular flexibility index (Phi) is 4.53. The summed E-state index contributed by atoms with van der Waals surface area (Å²) in [5, 5.41) is 10.7. The highest BCUT2D eigenvalue weighted by Crippen LogP contribution is 2.43. The summed E-state index contributed by atoms with van der Waals surface area (Å²) >= 11 is 0. The van der Waals surface area contributed by atoms with Gasteiger partial charge in [0, 0.05) is 44.1 Å². The molecule has 1 aromatic heterocycles. The van der Waals surface area contributed by atoms with E-state index in [2.05, 4.69) is 15.5 Å². The number of aryl methyl sites for hydroxylation is 2. The number of nitrogens with zero attached hydrogens (tertiary/aromatic N) is 2. The minimum Gasteiger partial charge on any atom is -0.335 e. The number of likely N-dealkylation sites (tertiary alicyclic amines) is 1. The predicted octanol–water partition coefficient (Wildman–Crippen LogP) is 2.52. The number of rotatable bonds is 4. The number of halogens is 1. The van der Waals surface area contributed by atoms with E-state index in [4.69, 9.17) is 0 Å². The summed E-state index contributed by atoms with van der Waals surface area (Å²) in [6.07, 6.45) is 1.07. The van der Waals surface area contributed by atoms with E-state index in [-0.39, 0.29) is 17.8 Å². The van der Waals surface area contributed by atoms with Crippen LogP contribution in [0.1, 0.15) is 35.0 Å². The summed E-state index contributed by atoms with van der Waals surface area (Å²) in [4.78, 5) is 15.0. The van der Waals surface area contributed by atoms with Crippen molar-refractivity contribution in [3.05, 3.63) is 52.6 Å². The molecule has 4 rings (SSSR count). The molecule has 2 aliphatic heterocycles. The van der Waals surface area contributed by atoms with Crippen LogP contribution in [-0.2, 0) is 11.2 Å². The number of nitrogens with one attached hydrogen (secondary N) is 2. The highest BCUT2D eigenvalue weighted by molar-refractivity contribution is 5.77. The number of fused-ring (bicyclic) bond motifs is 1. The van der Waals surface area contributed by atoms with E-state index in [0.29, 0.717) is 24.7 Å². The normalized spacial score (nSPS) is 24.9. The number of hydrogen-bond donors (Lipinski definition) is 2. The molecule has 3 heterocycles. The number of H-pyrrole nitrogens is 1. The Bertz CT molecular complexity index is 818. The molecular formula is C20H25FN4O. The smallest absolute Gasteiger partial charge is 0.223 e. The van der Waals surface area contributed by atoms with Crippen molar-refractivity contribution < 1.29 is 9.18 Å². The Morgan fingerprint density at radius 2 is 2.19 bits per heavy atom. The molecule has 2 aromatic rings. The zero-order chi connectivity index (χ0) is 18.3. The molecule has 6 heteroatoms. The number of aromatic amines is 1. The topological polar surface area (TPSA) is 61.0 Å². The van der Waals surface area contributed by atoms with Gasteiger partial charge >= 0.3 is 0 Å². The molecule has 2 fully saturated rings. The SMILES string of the molecule is Cc1[nH]nc(CCC(=O)N2C[C@@H]3CNC[C@@H]3[C@H]2c2cccc(F)c2)c1C. The first kappa shape index (κ1) is 17.2. The van der Waals surface area contributed by atoms with Crippen LogP contribution < -0.4 is 5.32 Å². The lowest BCUT2D eigenvalue weighted by atomic mass is 9.89. The molecule has 5 nitrogen and oxygen atoms in total. The van der Waals surface area contributed by atoms with E-state index in [0.717, 1.165) is 42.1 Å². The van der Waals surface area contributed by atoms with Gasteiger partial charge < -0.3 is 10.2 Å². The van der Waals surface area contributed by atoms with Gasteiger partial charge in [0.1, 0.15) is 5.82 Å². The molecule has 1 amide bonds. The Labute approximate surface area is 153 Å². The van der Waals surface area contributed by atoms with Crippen molar-refractivity contribution >= 4 is 5.91 Å². The highest BCUT2D eigenvalue weighted by atomic mass is 19.1. The van der Waals surface area contributed by atoms with Crippen LogP contribution in [0.2, 0.25) is 0 Å². The molecule has 26 heavy (non-hydrogen) atoms. The van der Waals surface area contributed by atoms with E-state index in [9.17, 15) is 9.18 Å². The van der Waals surface area contributed by atoms with Crippen LogP contribution in [0.4, 0.5) is 4.39 Å². The van der Waals surface area contributed by atoms with Gasteiger partial charge in [-0.1, -0.05) is 12.1 Å². The molecule has 2 aliphatic rings. The van der Waals surface area contributed by atoms with E-state index >= 15 is 0 Å². The third kappa shape index (κ3) is 3.03.